The molecule has 120 valence electrons. The van der Waals surface area contributed by atoms with Crippen molar-refractivity contribution >= 4 is 28.9 Å². The highest BCUT2D eigenvalue weighted by molar-refractivity contribution is 6.08. The average Bonchev–Trinajstić information content (AvgIpc) is 2.50. The third kappa shape index (κ3) is 5.14. The van der Waals surface area contributed by atoms with Crippen LogP contribution in [0.2, 0.25) is 0 Å². The fraction of sp³-hybridized carbons (Fsp3) is 0.222. The Morgan fingerprint density at radius 1 is 0.826 bits per heavy atom. The summed E-state index contributed by atoms with van der Waals surface area (Å²) in [5.74, 6) is -0.677. The smallest absolute Gasteiger partial charge is 0.233 e. The zero-order valence-corrected chi connectivity index (χ0v) is 13.6. The fourth-order valence-corrected chi connectivity index (χ4v) is 2.04. The van der Waals surface area contributed by atoms with Crippen LogP contribution in [0.15, 0.2) is 48.5 Å². The molecule has 0 fully saturated rings. The van der Waals surface area contributed by atoms with Gasteiger partial charge in [-0.3, -0.25) is 9.59 Å². The lowest BCUT2D eigenvalue weighted by molar-refractivity contribution is -0.123. The molecule has 0 saturated carbocycles. The molecule has 0 aromatic heterocycles. The number of rotatable bonds is 5. The summed E-state index contributed by atoms with van der Waals surface area (Å²) < 4.78 is 0. The van der Waals surface area contributed by atoms with Crippen molar-refractivity contribution in [2.75, 3.05) is 29.6 Å². The molecule has 0 spiro atoms. The monoisotopic (exact) mass is 311 g/mol. The largest absolute Gasteiger partial charge is 0.378 e. The highest BCUT2D eigenvalue weighted by Crippen LogP contribution is 2.16. The third-order valence-electron chi connectivity index (χ3n) is 3.32. The first-order chi connectivity index (χ1) is 10.9. The van der Waals surface area contributed by atoms with Crippen LogP contribution >= 0.6 is 0 Å². The van der Waals surface area contributed by atoms with Crippen LogP contribution in [0.4, 0.5) is 17.1 Å². The second-order valence-electron chi connectivity index (χ2n) is 5.58. The Morgan fingerprint density at radius 3 is 1.70 bits per heavy atom. The summed E-state index contributed by atoms with van der Waals surface area (Å²) in [7, 11) is 3.89. The van der Waals surface area contributed by atoms with Gasteiger partial charge in [0.05, 0.1) is 0 Å². The van der Waals surface area contributed by atoms with Crippen LogP contribution in [0.3, 0.4) is 0 Å². The molecule has 2 amide bonds. The van der Waals surface area contributed by atoms with Gasteiger partial charge < -0.3 is 15.5 Å². The van der Waals surface area contributed by atoms with E-state index in [1.165, 1.54) is 0 Å². The number of hydrogen-bond donors (Lipinski definition) is 2. The van der Waals surface area contributed by atoms with Crippen molar-refractivity contribution in [1.29, 1.82) is 0 Å². The van der Waals surface area contributed by atoms with Crippen molar-refractivity contribution in [2.45, 2.75) is 13.3 Å². The molecule has 0 atom stereocenters. The van der Waals surface area contributed by atoms with E-state index in [0.717, 1.165) is 11.3 Å². The number of nitrogens with one attached hydrogen (secondary N) is 2. The Kier molecular flexibility index (Phi) is 5.36. The minimum Gasteiger partial charge on any atom is -0.378 e. The van der Waals surface area contributed by atoms with Crippen molar-refractivity contribution < 1.29 is 9.59 Å². The predicted molar refractivity (Wildman–Crippen MR) is 93.8 cm³/mol. The van der Waals surface area contributed by atoms with E-state index in [1.807, 2.05) is 74.4 Å². The first-order valence-corrected chi connectivity index (χ1v) is 7.38. The molecule has 0 aliphatic carbocycles. The van der Waals surface area contributed by atoms with Gasteiger partial charge in [0.1, 0.15) is 6.42 Å². The van der Waals surface area contributed by atoms with Gasteiger partial charge in [0, 0.05) is 31.2 Å². The minimum absolute atomic E-state index is 0.219. The van der Waals surface area contributed by atoms with E-state index >= 15 is 0 Å². The van der Waals surface area contributed by atoms with Crippen LogP contribution in [0, 0.1) is 6.92 Å². The average molecular weight is 311 g/mol. The van der Waals surface area contributed by atoms with Gasteiger partial charge in [0.2, 0.25) is 11.8 Å². The van der Waals surface area contributed by atoms with Gasteiger partial charge in [-0.25, -0.2) is 0 Å². The quantitative estimate of drug-likeness (QED) is 0.834. The third-order valence-corrected chi connectivity index (χ3v) is 3.32. The molecule has 0 saturated heterocycles. The zero-order chi connectivity index (χ0) is 16.8. The molecule has 0 unspecified atom stereocenters. The van der Waals surface area contributed by atoms with Gasteiger partial charge in [0.15, 0.2) is 0 Å². The number of anilines is 3. The second kappa shape index (κ2) is 7.45. The van der Waals surface area contributed by atoms with Crippen LogP contribution < -0.4 is 15.5 Å². The molecule has 0 aliphatic rings. The van der Waals surface area contributed by atoms with E-state index in [9.17, 15) is 9.59 Å². The summed E-state index contributed by atoms with van der Waals surface area (Å²) in [5, 5.41) is 5.42. The summed E-state index contributed by atoms with van der Waals surface area (Å²) in [5.41, 5.74) is 3.51. The van der Waals surface area contributed by atoms with Crippen molar-refractivity contribution in [1.82, 2.24) is 0 Å². The lowest BCUT2D eigenvalue weighted by Crippen LogP contribution is -2.21. The number of benzene rings is 2. The molecule has 2 aromatic carbocycles. The number of aryl methyl sites for hydroxylation is 1. The lowest BCUT2D eigenvalue weighted by atomic mass is 10.2. The Labute approximate surface area is 136 Å². The summed E-state index contributed by atoms with van der Waals surface area (Å²) in [6.07, 6.45) is -0.219. The summed E-state index contributed by atoms with van der Waals surface area (Å²) in [6, 6.07) is 14.9. The van der Waals surface area contributed by atoms with Gasteiger partial charge in [-0.1, -0.05) is 17.7 Å². The van der Waals surface area contributed by atoms with Crippen LogP contribution in [0.1, 0.15) is 12.0 Å². The molecule has 0 aliphatic heterocycles. The van der Waals surface area contributed by atoms with Gasteiger partial charge >= 0.3 is 0 Å². The van der Waals surface area contributed by atoms with Crippen molar-refractivity contribution in [3.05, 3.63) is 54.1 Å². The normalized spacial score (nSPS) is 10.0. The Hall–Kier alpha value is -2.82. The standard InChI is InChI=1S/C18H21N3O2/c1-13-4-6-14(7-5-13)19-17(22)12-18(23)20-15-8-10-16(11-9-15)21(2)3/h4-11H,12H2,1-3H3,(H,19,22)(H,20,23). The maximum Gasteiger partial charge on any atom is 0.233 e. The van der Waals surface area contributed by atoms with E-state index < -0.39 is 0 Å². The molecular weight excluding hydrogens is 290 g/mol. The fourth-order valence-electron chi connectivity index (χ4n) is 2.04. The van der Waals surface area contributed by atoms with Crippen molar-refractivity contribution in [2.24, 2.45) is 0 Å². The molecular formula is C18H21N3O2. The molecule has 0 radical (unpaired) electrons. The molecule has 0 bridgehead atoms. The first-order valence-electron chi connectivity index (χ1n) is 7.38. The number of carbonyl (C=O) groups excluding carboxylic acids is 2. The Balaban J connectivity index is 1.86. The molecule has 2 aromatic rings. The number of amides is 2. The van der Waals surface area contributed by atoms with E-state index in [1.54, 1.807) is 0 Å². The van der Waals surface area contributed by atoms with Gasteiger partial charge in [-0.2, -0.15) is 0 Å². The summed E-state index contributed by atoms with van der Waals surface area (Å²) in [6.45, 7) is 1.97. The summed E-state index contributed by atoms with van der Waals surface area (Å²) in [4.78, 5) is 25.7. The van der Waals surface area contributed by atoms with Crippen molar-refractivity contribution in [3.8, 4) is 0 Å². The predicted octanol–water partition coefficient (Wildman–Crippen LogP) is 3.03. The topological polar surface area (TPSA) is 61.4 Å². The van der Waals surface area contributed by atoms with E-state index in [-0.39, 0.29) is 18.2 Å². The van der Waals surface area contributed by atoms with E-state index in [0.29, 0.717) is 11.4 Å². The number of hydrogen-bond acceptors (Lipinski definition) is 3. The molecule has 23 heavy (non-hydrogen) atoms. The van der Waals surface area contributed by atoms with E-state index in [2.05, 4.69) is 10.6 Å². The van der Waals surface area contributed by atoms with Gasteiger partial charge in [-0.05, 0) is 43.3 Å². The Bertz CT molecular complexity index is 676. The first kappa shape index (κ1) is 16.5. The Morgan fingerprint density at radius 2 is 1.26 bits per heavy atom. The maximum atomic E-state index is 11.9. The molecule has 5 nitrogen and oxygen atoms in total. The van der Waals surface area contributed by atoms with Crippen LogP contribution in [-0.2, 0) is 9.59 Å². The highest BCUT2D eigenvalue weighted by atomic mass is 16.2. The van der Waals surface area contributed by atoms with Crippen LogP contribution in [0.25, 0.3) is 0 Å². The van der Waals surface area contributed by atoms with Gasteiger partial charge in [0.25, 0.3) is 0 Å². The van der Waals surface area contributed by atoms with E-state index in [4.69, 9.17) is 0 Å². The highest BCUT2D eigenvalue weighted by Gasteiger charge is 2.10. The number of nitrogens with zero attached hydrogens (tertiary/aromatic N) is 1. The lowest BCUT2D eigenvalue weighted by Gasteiger charge is -2.13. The molecule has 2 N–H and O–H groups in total. The molecule has 5 heteroatoms. The maximum absolute atomic E-state index is 11.9. The molecule has 2 rings (SSSR count). The summed E-state index contributed by atoms with van der Waals surface area (Å²) >= 11 is 0. The SMILES string of the molecule is Cc1ccc(NC(=O)CC(=O)Nc2ccc(N(C)C)cc2)cc1. The minimum atomic E-state index is -0.341. The number of carbonyl (C=O) groups is 2. The zero-order valence-electron chi connectivity index (χ0n) is 13.6. The molecule has 0 heterocycles. The second-order valence-corrected chi connectivity index (χ2v) is 5.58. The van der Waals surface area contributed by atoms with Gasteiger partial charge in [-0.15, -0.1) is 0 Å². The van der Waals surface area contributed by atoms with Crippen LogP contribution in [-0.4, -0.2) is 25.9 Å². The van der Waals surface area contributed by atoms with Crippen molar-refractivity contribution in [3.63, 3.8) is 0 Å². The van der Waals surface area contributed by atoms with Crippen LogP contribution in [0.5, 0.6) is 0 Å².